The topological polar surface area (TPSA) is 32.3 Å². The van der Waals surface area contributed by atoms with Crippen LogP contribution < -0.4 is 10.4 Å². The molecule has 0 fully saturated rings. The van der Waals surface area contributed by atoms with E-state index in [0.717, 1.165) is 17.1 Å². The number of hydrogen-bond donors (Lipinski definition) is 1. The first kappa shape index (κ1) is 15.4. The molecule has 0 aliphatic rings. The van der Waals surface area contributed by atoms with E-state index < -0.39 is 0 Å². The minimum absolute atomic E-state index is 0.00581. The summed E-state index contributed by atoms with van der Waals surface area (Å²) in [6.45, 7) is 4.80. The van der Waals surface area contributed by atoms with Crippen molar-refractivity contribution in [1.29, 1.82) is 0 Å². The molecule has 2 aromatic carbocycles. The maximum absolute atomic E-state index is 12.1. The van der Waals surface area contributed by atoms with Crippen molar-refractivity contribution in [3.05, 3.63) is 60.2 Å². The number of aryl methyl sites for hydroxylation is 1. The maximum atomic E-state index is 12.1. The van der Waals surface area contributed by atoms with Crippen molar-refractivity contribution < 1.29 is 4.79 Å². The van der Waals surface area contributed by atoms with Crippen molar-refractivity contribution >= 4 is 23.4 Å². The van der Waals surface area contributed by atoms with Crippen LogP contribution in [0.15, 0.2) is 59.5 Å². The molecule has 0 saturated heterocycles. The van der Waals surface area contributed by atoms with Gasteiger partial charge in [0.25, 0.3) is 0 Å². The lowest BCUT2D eigenvalue weighted by Crippen LogP contribution is -2.43. The van der Waals surface area contributed by atoms with Gasteiger partial charge in [-0.1, -0.05) is 35.9 Å². The highest BCUT2D eigenvalue weighted by Gasteiger charge is 2.09. The molecule has 4 heteroatoms. The Labute approximate surface area is 130 Å². The van der Waals surface area contributed by atoms with Crippen LogP contribution in [-0.4, -0.2) is 18.2 Å². The zero-order chi connectivity index (χ0) is 15.1. The molecule has 0 aromatic heterocycles. The molecule has 21 heavy (non-hydrogen) atoms. The van der Waals surface area contributed by atoms with E-state index in [1.165, 1.54) is 17.3 Å². The van der Waals surface area contributed by atoms with Gasteiger partial charge >= 0.3 is 0 Å². The molecule has 0 spiro atoms. The molecule has 0 unspecified atom stereocenters. The first-order valence-corrected chi connectivity index (χ1v) is 7.99. The van der Waals surface area contributed by atoms with Gasteiger partial charge in [0, 0.05) is 11.4 Å². The van der Waals surface area contributed by atoms with Crippen LogP contribution in [0.2, 0.25) is 0 Å². The van der Waals surface area contributed by atoms with Gasteiger partial charge in [0.1, 0.15) is 0 Å². The molecular weight excluding hydrogens is 280 g/mol. The summed E-state index contributed by atoms with van der Waals surface area (Å²) < 4.78 is 0. The van der Waals surface area contributed by atoms with Crippen LogP contribution in [0.5, 0.6) is 0 Å². The Hall–Kier alpha value is -1.94. The molecule has 110 valence electrons. The summed E-state index contributed by atoms with van der Waals surface area (Å²) in [7, 11) is 0. The first-order chi connectivity index (χ1) is 10.2. The van der Waals surface area contributed by atoms with Crippen molar-refractivity contribution in [2.75, 3.05) is 17.3 Å². The lowest BCUT2D eigenvalue weighted by atomic mass is 10.2. The second-order valence-corrected chi connectivity index (χ2v) is 5.77. The van der Waals surface area contributed by atoms with Crippen molar-refractivity contribution in [2.45, 2.75) is 18.7 Å². The smallest absolute Gasteiger partial charge is 0.248 e. The number of carbonyl (C=O) groups is 1. The van der Waals surface area contributed by atoms with Crippen LogP contribution in [0.25, 0.3) is 0 Å². The lowest BCUT2D eigenvalue weighted by Gasteiger charge is -2.23. The minimum atomic E-state index is 0.00581. The summed E-state index contributed by atoms with van der Waals surface area (Å²) in [6.07, 6.45) is 0. The highest BCUT2D eigenvalue weighted by atomic mass is 32.2. The highest BCUT2D eigenvalue weighted by molar-refractivity contribution is 8.00. The fourth-order valence-electron chi connectivity index (χ4n) is 1.90. The fourth-order valence-corrected chi connectivity index (χ4v) is 2.61. The number of amides is 1. The number of anilines is 1. The van der Waals surface area contributed by atoms with Gasteiger partial charge in [0.2, 0.25) is 5.91 Å². The minimum Gasteiger partial charge on any atom is -0.286 e. The van der Waals surface area contributed by atoms with Crippen molar-refractivity contribution in [2.24, 2.45) is 0 Å². The van der Waals surface area contributed by atoms with Gasteiger partial charge in [-0.05, 0) is 38.1 Å². The second-order valence-electron chi connectivity index (χ2n) is 4.72. The van der Waals surface area contributed by atoms with Crippen LogP contribution in [0, 0.1) is 6.92 Å². The van der Waals surface area contributed by atoms with E-state index in [1.54, 1.807) is 0 Å². The van der Waals surface area contributed by atoms with Crippen molar-refractivity contribution in [3.63, 3.8) is 0 Å². The van der Waals surface area contributed by atoms with Gasteiger partial charge in [-0.15, -0.1) is 11.8 Å². The largest absolute Gasteiger partial charge is 0.286 e. The molecule has 0 aliphatic heterocycles. The van der Waals surface area contributed by atoms with Gasteiger partial charge < -0.3 is 0 Å². The number of rotatable bonds is 6. The summed E-state index contributed by atoms with van der Waals surface area (Å²) in [6, 6.07) is 18.1. The molecule has 2 aromatic rings. The SMILES string of the molecule is CCN(NC(=O)CSc1ccccc1)c1ccc(C)cc1. The molecular formula is C17H20N2OS. The van der Waals surface area contributed by atoms with Crippen molar-refractivity contribution in [1.82, 2.24) is 5.43 Å². The molecule has 0 heterocycles. The number of hydrazine groups is 1. The number of nitrogens with zero attached hydrogens (tertiary/aromatic N) is 1. The summed E-state index contributed by atoms with van der Waals surface area (Å²) in [4.78, 5) is 13.2. The van der Waals surface area contributed by atoms with E-state index >= 15 is 0 Å². The maximum Gasteiger partial charge on any atom is 0.248 e. The lowest BCUT2D eigenvalue weighted by molar-refractivity contribution is -0.118. The van der Waals surface area contributed by atoms with E-state index in [4.69, 9.17) is 0 Å². The molecule has 1 amide bonds. The van der Waals surface area contributed by atoms with E-state index in [2.05, 4.69) is 12.3 Å². The first-order valence-electron chi connectivity index (χ1n) is 7.00. The highest BCUT2D eigenvalue weighted by Crippen LogP contribution is 2.17. The molecule has 0 radical (unpaired) electrons. The van der Waals surface area contributed by atoms with Gasteiger partial charge in [-0.2, -0.15) is 0 Å². The van der Waals surface area contributed by atoms with Crippen LogP contribution in [0.1, 0.15) is 12.5 Å². The van der Waals surface area contributed by atoms with Crippen molar-refractivity contribution in [3.8, 4) is 0 Å². The Kier molecular flexibility index (Phi) is 5.69. The van der Waals surface area contributed by atoms with Crippen LogP contribution >= 0.6 is 11.8 Å². The molecule has 0 bridgehead atoms. The van der Waals surface area contributed by atoms with E-state index in [0.29, 0.717) is 5.75 Å². The quantitative estimate of drug-likeness (QED) is 0.653. The number of hydrogen-bond acceptors (Lipinski definition) is 3. The monoisotopic (exact) mass is 300 g/mol. The Bertz CT molecular complexity index is 569. The third-order valence-electron chi connectivity index (χ3n) is 3.03. The zero-order valence-corrected chi connectivity index (χ0v) is 13.2. The zero-order valence-electron chi connectivity index (χ0n) is 12.4. The number of benzene rings is 2. The van der Waals surface area contributed by atoms with E-state index in [1.807, 2.05) is 66.5 Å². The second kappa shape index (κ2) is 7.74. The molecule has 0 atom stereocenters. The average Bonchev–Trinajstić information content (AvgIpc) is 2.52. The third kappa shape index (κ3) is 4.83. The van der Waals surface area contributed by atoms with Crippen LogP contribution in [-0.2, 0) is 4.79 Å². The normalized spacial score (nSPS) is 10.2. The van der Waals surface area contributed by atoms with E-state index in [9.17, 15) is 4.79 Å². The number of carbonyl (C=O) groups excluding carboxylic acids is 1. The van der Waals surface area contributed by atoms with Crippen LogP contribution in [0.3, 0.4) is 0 Å². The predicted molar refractivity (Wildman–Crippen MR) is 89.5 cm³/mol. The van der Waals surface area contributed by atoms with E-state index in [-0.39, 0.29) is 5.91 Å². The van der Waals surface area contributed by atoms with Gasteiger partial charge in [-0.3, -0.25) is 15.2 Å². The molecule has 1 N–H and O–H groups in total. The Morgan fingerprint density at radius 3 is 2.38 bits per heavy atom. The van der Waals surface area contributed by atoms with Gasteiger partial charge in [0.15, 0.2) is 0 Å². The van der Waals surface area contributed by atoms with Gasteiger partial charge in [-0.25, -0.2) is 0 Å². The molecule has 0 aliphatic carbocycles. The summed E-state index contributed by atoms with van der Waals surface area (Å²) >= 11 is 1.54. The number of nitrogens with one attached hydrogen (secondary N) is 1. The van der Waals surface area contributed by atoms with Crippen LogP contribution in [0.4, 0.5) is 5.69 Å². The summed E-state index contributed by atoms with van der Waals surface area (Å²) in [5.74, 6) is 0.415. The van der Waals surface area contributed by atoms with Gasteiger partial charge in [0.05, 0.1) is 11.4 Å². The molecule has 0 saturated carbocycles. The standard InChI is InChI=1S/C17H20N2OS/c1-3-19(15-11-9-14(2)10-12-15)18-17(20)13-21-16-7-5-4-6-8-16/h4-12H,3,13H2,1-2H3,(H,18,20). The molecule has 2 rings (SSSR count). The Morgan fingerprint density at radius 1 is 1.10 bits per heavy atom. The predicted octanol–water partition coefficient (Wildman–Crippen LogP) is 3.64. The third-order valence-corrected chi connectivity index (χ3v) is 4.05. The summed E-state index contributed by atoms with van der Waals surface area (Å²) in [5.41, 5.74) is 5.16. The Balaban J connectivity index is 1.89. The average molecular weight is 300 g/mol. The number of thioether (sulfide) groups is 1. The summed E-state index contributed by atoms with van der Waals surface area (Å²) in [5, 5.41) is 1.87. The fraction of sp³-hybridized carbons (Fsp3) is 0.235. The Morgan fingerprint density at radius 2 is 1.76 bits per heavy atom. The molecule has 3 nitrogen and oxygen atoms in total.